The number of carbonyl (C=O) groups is 1. The lowest BCUT2D eigenvalue weighted by atomic mass is 10.1. The Bertz CT molecular complexity index is 1360. The first-order chi connectivity index (χ1) is 17.8. The van der Waals surface area contributed by atoms with Gasteiger partial charge in [-0.15, -0.1) is 0 Å². The molecular formula is C20H21F4N6O7P. The van der Waals surface area contributed by atoms with Gasteiger partial charge in [0.2, 0.25) is 5.82 Å². The molecule has 4 rings (SSSR count). The number of alkyl halides is 4. The molecule has 1 saturated heterocycles. The van der Waals surface area contributed by atoms with E-state index in [-0.39, 0.29) is 11.3 Å². The quantitative estimate of drug-likeness (QED) is 0.220. The van der Waals surface area contributed by atoms with Crippen molar-refractivity contribution in [1.82, 2.24) is 24.6 Å². The number of nitrogens with one attached hydrogen (secondary N) is 1. The van der Waals surface area contributed by atoms with Crippen molar-refractivity contribution in [2.75, 3.05) is 12.3 Å². The van der Waals surface area contributed by atoms with Crippen LogP contribution in [0.2, 0.25) is 0 Å². The Morgan fingerprint density at radius 2 is 2.00 bits per heavy atom. The number of halogens is 4. The summed E-state index contributed by atoms with van der Waals surface area (Å²) >= 11 is 0. The standard InChI is InChI=1S/C20H21F4N6O7P/c1-9(18(32)33)29-38(34,37-10-5-3-2-4-6-10)35-7-11-14(31)12(21)17(36-11)30-8-26-13-15(25)27-19(20(22,23)24)28-16(13)30/h2-6,8-9,11-12,14,17,31H,7H2,1H3,(H,29,34)(H,32,33)(H2,25,27,28). The zero-order valence-electron chi connectivity index (χ0n) is 19.3. The molecule has 13 nitrogen and oxygen atoms in total. The second kappa shape index (κ2) is 10.4. The van der Waals surface area contributed by atoms with Crippen LogP contribution in [0.15, 0.2) is 36.7 Å². The highest BCUT2D eigenvalue weighted by Gasteiger charge is 2.47. The summed E-state index contributed by atoms with van der Waals surface area (Å²) < 4.78 is 84.8. The van der Waals surface area contributed by atoms with Crippen LogP contribution < -0.4 is 15.3 Å². The Morgan fingerprint density at radius 1 is 1.32 bits per heavy atom. The molecule has 3 heterocycles. The molecule has 3 aromatic rings. The summed E-state index contributed by atoms with van der Waals surface area (Å²) in [6, 6.07) is 6.20. The number of carboxylic acids is 1. The minimum atomic E-state index is -4.96. The summed E-state index contributed by atoms with van der Waals surface area (Å²) in [5.41, 5.74) is 4.80. The molecule has 18 heteroatoms. The number of para-hydroxylation sites is 1. The smallest absolute Gasteiger partial charge is 0.459 e. The van der Waals surface area contributed by atoms with Crippen molar-refractivity contribution < 1.29 is 50.9 Å². The third-order valence-corrected chi connectivity index (χ3v) is 7.01. The van der Waals surface area contributed by atoms with E-state index in [1.807, 2.05) is 0 Å². The molecule has 1 aliphatic rings. The van der Waals surface area contributed by atoms with E-state index in [0.29, 0.717) is 0 Å². The fraction of sp³-hybridized carbons (Fsp3) is 0.400. The van der Waals surface area contributed by atoms with Crippen LogP contribution in [-0.2, 0) is 24.8 Å². The molecule has 1 aliphatic heterocycles. The van der Waals surface area contributed by atoms with E-state index in [4.69, 9.17) is 19.5 Å². The SMILES string of the molecule is CC(NP(=O)(OCC1OC(n2cnc3c(N)nc(C(F)(F)F)nc32)C(F)C1O)Oc1ccccc1)C(=O)O. The third-order valence-electron chi connectivity index (χ3n) is 5.37. The van der Waals surface area contributed by atoms with Crippen molar-refractivity contribution >= 4 is 30.7 Å². The van der Waals surface area contributed by atoms with Crippen LogP contribution >= 0.6 is 7.75 Å². The molecular weight excluding hydrogens is 543 g/mol. The average molecular weight is 564 g/mol. The van der Waals surface area contributed by atoms with Crippen LogP contribution in [0.1, 0.15) is 19.0 Å². The van der Waals surface area contributed by atoms with Gasteiger partial charge >= 0.3 is 19.9 Å². The number of carboxylic acid groups (broad SMARTS) is 1. The average Bonchev–Trinajstić information content (AvgIpc) is 3.39. The van der Waals surface area contributed by atoms with Gasteiger partial charge in [0.25, 0.3) is 0 Å². The molecule has 0 amide bonds. The molecule has 1 aromatic carbocycles. The van der Waals surface area contributed by atoms with Crippen molar-refractivity contribution in [3.8, 4) is 5.75 Å². The number of rotatable bonds is 9. The van der Waals surface area contributed by atoms with E-state index in [0.717, 1.165) is 10.9 Å². The van der Waals surface area contributed by atoms with Gasteiger partial charge in [-0.2, -0.15) is 18.3 Å². The van der Waals surface area contributed by atoms with Gasteiger partial charge in [-0.1, -0.05) is 18.2 Å². The maximum atomic E-state index is 15.1. The van der Waals surface area contributed by atoms with E-state index >= 15 is 4.39 Å². The first-order valence-corrected chi connectivity index (χ1v) is 12.4. The largest absolute Gasteiger partial charge is 0.480 e. The first kappa shape index (κ1) is 27.7. The zero-order valence-corrected chi connectivity index (χ0v) is 20.2. The number of anilines is 1. The Hall–Kier alpha value is -3.37. The van der Waals surface area contributed by atoms with Crippen molar-refractivity contribution in [2.24, 2.45) is 0 Å². The van der Waals surface area contributed by atoms with Crippen LogP contribution in [0, 0.1) is 0 Å². The highest BCUT2D eigenvalue weighted by Crippen LogP contribution is 2.46. The fourth-order valence-electron chi connectivity index (χ4n) is 3.49. The van der Waals surface area contributed by atoms with Gasteiger partial charge in [0.1, 0.15) is 29.5 Å². The van der Waals surface area contributed by atoms with E-state index in [2.05, 4.69) is 20.0 Å². The van der Waals surface area contributed by atoms with Gasteiger partial charge in [-0.05, 0) is 19.1 Å². The lowest BCUT2D eigenvalue weighted by molar-refractivity contribution is -0.144. The van der Waals surface area contributed by atoms with Crippen LogP contribution in [0.5, 0.6) is 5.75 Å². The fourth-order valence-corrected chi connectivity index (χ4v) is 5.00. The number of nitrogens with zero attached hydrogens (tertiary/aromatic N) is 4. The molecule has 1 fully saturated rings. The van der Waals surface area contributed by atoms with Gasteiger partial charge in [0, 0.05) is 0 Å². The molecule has 0 bridgehead atoms. The monoisotopic (exact) mass is 564 g/mol. The maximum absolute atomic E-state index is 15.1. The second-order valence-corrected chi connectivity index (χ2v) is 9.83. The highest BCUT2D eigenvalue weighted by molar-refractivity contribution is 7.52. The predicted molar refractivity (Wildman–Crippen MR) is 120 cm³/mol. The zero-order chi connectivity index (χ0) is 27.8. The van der Waals surface area contributed by atoms with Gasteiger partial charge < -0.3 is 25.2 Å². The lowest BCUT2D eigenvalue weighted by Crippen LogP contribution is -2.36. The number of aromatic nitrogens is 4. The van der Waals surface area contributed by atoms with Crippen LogP contribution in [0.25, 0.3) is 11.2 Å². The summed E-state index contributed by atoms with van der Waals surface area (Å²) in [5.74, 6) is -3.51. The van der Waals surface area contributed by atoms with Crippen molar-refractivity contribution in [3.63, 3.8) is 0 Å². The summed E-state index contributed by atoms with van der Waals surface area (Å²) in [4.78, 5) is 21.6. The number of nitrogens with two attached hydrogens (primary N) is 1. The number of aliphatic hydroxyl groups excluding tert-OH is 1. The molecule has 6 unspecified atom stereocenters. The van der Waals surface area contributed by atoms with Crippen molar-refractivity contribution in [2.45, 2.75) is 43.7 Å². The number of nitrogen functional groups attached to an aromatic ring is 1. The maximum Gasteiger partial charge on any atom is 0.459 e. The Labute approximate surface area is 211 Å². The first-order valence-electron chi connectivity index (χ1n) is 10.8. The van der Waals surface area contributed by atoms with Gasteiger partial charge in [-0.3, -0.25) is 13.9 Å². The highest BCUT2D eigenvalue weighted by atomic mass is 31.2. The molecule has 0 saturated carbocycles. The Kier molecular flexibility index (Phi) is 7.58. The van der Waals surface area contributed by atoms with Crippen LogP contribution in [0.4, 0.5) is 23.4 Å². The summed E-state index contributed by atoms with van der Waals surface area (Å²) in [5, 5.41) is 21.8. The number of ether oxygens (including phenoxy) is 1. The minimum Gasteiger partial charge on any atom is -0.480 e. The number of hydrogen-bond donors (Lipinski definition) is 4. The number of hydrogen-bond acceptors (Lipinski definition) is 10. The van der Waals surface area contributed by atoms with Crippen molar-refractivity contribution in [3.05, 3.63) is 42.5 Å². The summed E-state index contributed by atoms with van der Waals surface area (Å²) in [7, 11) is -4.43. The predicted octanol–water partition coefficient (Wildman–Crippen LogP) is 2.29. The third kappa shape index (κ3) is 5.71. The number of aliphatic carboxylic acids is 1. The summed E-state index contributed by atoms with van der Waals surface area (Å²) in [6.45, 7) is 0.410. The lowest BCUT2D eigenvalue weighted by Gasteiger charge is -2.23. The van der Waals surface area contributed by atoms with Crippen LogP contribution in [-0.4, -0.2) is 66.7 Å². The van der Waals surface area contributed by atoms with E-state index in [1.54, 1.807) is 18.2 Å². The van der Waals surface area contributed by atoms with E-state index < -0.39 is 74.4 Å². The molecule has 2 aromatic heterocycles. The van der Waals surface area contributed by atoms with Gasteiger partial charge in [0.15, 0.2) is 23.9 Å². The minimum absolute atomic E-state index is 0.0534. The summed E-state index contributed by atoms with van der Waals surface area (Å²) in [6.07, 6.45) is -11.4. The Balaban J connectivity index is 1.56. The molecule has 5 N–H and O–H groups in total. The number of benzene rings is 1. The van der Waals surface area contributed by atoms with Gasteiger partial charge in [-0.25, -0.2) is 23.9 Å². The van der Waals surface area contributed by atoms with Crippen molar-refractivity contribution in [1.29, 1.82) is 0 Å². The Morgan fingerprint density at radius 3 is 2.63 bits per heavy atom. The molecule has 206 valence electrons. The van der Waals surface area contributed by atoms with E-state index in [9.17, 15) is 32.7 Å². The van der Waals surface area contributed by atoms with Gasteiger partial charge in [0.05, 0.1) is 12.9 Å². The normalized spacial score (nSPS) is 24.3. The number of imidazole rings is 1. The second-order valence-electron chi connectivity index (χ2n) is 8.14. The molecule has 0 spiro atoms. The molecule has 0 radical (unpaired) electrons. The molecule has 0 aliphatic carbocycles. The molecule has 38 heavy (non-hydrogen) atoms. The number of aliphatic hydroxyl groups is 1. The number of fused-ring (bicyclic) bond motifs is 1. The van der Waals surface area contributed by atoms with E-state index in [1.165, 1.54) is 19.1 Å². The molecule has 6 atom stereocenters. The van der Waals surface area contributed by atoms with Crippen LogP contribution in [0.3, 0.4) is 0 Å². The topological polar surface area (TPSA) is 184 Å².